The molecule has 0 radical (unpaired) electrons. The number of hydrogen-bond acceptors (Lipinski definition) is 8. The van der Waals surface area contributed by atoms with Gasteiger partial charge in [-0.25, -0.2) is 0 Å². The minimum absolute atomic E-state index is 0.313. The fraction of sp³-hybridized carbons (Fsp3) is 0.520. The first kappa shape index (κ1) is 23.9. The maximum atomic E-state index is 10.4. The van der Waals surface area contributed by atoms with E-state index >= 15 is 0 Å². The molecule has 0 amide bonds. The SMILES string of the molecule is OCC1OC(Oc2cc3ccc2Oc2ccc(cc2)CCC(O)CCCC3)C(O)C(O)C1O. The van der Waals surface area contributed by atoms with Gasteiger partial charge in [0.25, 0.3) is 0 Å². The Morgan fingerprint density at radius 2 is 1.58 bits per heavy atom. The van der Waals surface area contributed by atoms with Crippen LogP contribution in [-0.4, -0.2) is 68.9 Å². The molecule has 2 aromatic carbocycles. The number of aliphatic hydroxyl groups excluding tert-OH is 5. The molecule has 6 rings (SSSR count). The van der Waals surface area contributed by atoms with Crippen LogP contribution >= 0.6 is 0 Å². The zero-order valence-corrected chi connectivity index (χ0v) is 18.4. The number of ether oxygens (including phenoxy) is 3. The second-order valence-electron chi connectivity index (χ2n) is 8.78. The van der Waals surface area contributed by atoms with Crippen molar-refractivity contribution >= 4 is 0 Å². The zero-order valence-electron chi connectivity index (χ0n) is 18.4. The molecule has 8 nitrogen and oxygen atoms in total. The number of aliphatic hydroxyl groups is 5. The van der Waals surface area contributed by atoms with Gasteiger partial charge in [0.05, 0.1) is 12.7 Å². The molecule has 1 saturated heterocycles. The number of rotatable bonds is 3. The Hall–Kier alpha value is -2.20. The van der Waals surface area contributed by atoms with Gasteiger partial charge in [-0.2, -0.15) is 0 Å². The highest BCUT2D eigenvalue weighted by atomic mass is 16.7. The van der Waals surface area contributed by atoms with Crippen molar-refractivity contribution in [1.82, 2.24) is 0 Å². The highest BCUT2D eigenvalue weighted by molar-refractivity contribution is 5.46. The van der Waals surface area contributed by atoms with Gasteiger partial charge < -0.3 is 39.7 Å². The average molecular weight is 461 g/mol. The highest BCUT2D eigenvalue weighted by Crippen LogP contribution is 2.36. The lowest BCUT2D eigenvalue weighted by Gasteiger charge is -2.39. The summed E-state index contributed by atoms with van der Waals surface area (Å²) in [6.45, 7) is -0.535. The molecule has 0 spiro atoms. The van der Waals surface area contributed by atoms with Crippen LogP contribution in [0.25, 0.3) is 0 Å². The number of fused-ring (bicyclic) bond motifs is 2. The van der Waals surface area contributed by atoms with E-state index < -0.39 is 37.3 Å². The second-order valence-corrected chi connectivity index (χ2v) is 8.78. The summed E-state index contributed by atoms with van der Waals surface area (Å²) in [6.07, 6.45) is -2.39. The number of aryl methyl sites for hydroxylation is 2. The van der Waals surface area contributed by atoms with Crippen LogP contribution in [0.15, 0.2) is 42.5 Å². The van der Waals surface area contributed by atoms with Gasteiger partial charge in [0.15, 0.2) is 11.5 Å². The summed E-state index contributed by atoms with van der Waals surface area (Å²) in [6, 6.07) is 13.1. The predicted octanol–water partition coefficient (Wildman–Crippen LogP) is 1.68. The molecule has 5 N–H and O–H groups in total. The van der Waals surface area contributed by atoms with E-state index in [0.717, 1.165) is 49.7 Å². The van der Waals surface area contributed by atoms with E-state index in [9.17, 15) is 25.5 Å². The molecule has 0 aromatic heterocycles. The van der Waals surface area contributed by atoms with Gasteiger partial charge in [-0.15, -0.1) is 0 Å². The molecule has 33 heavy (non-hydrogen) atoms. The van der Waals surface area contributed by atoms with Gasteiger partial charge in [-0.3, -0.25) is 0 Å². The van der Waals surface area contributed by atoms with Crippen LogP contribution in [0.1, 0.15) is 36.8 Å². The van der Waals surface area contributed by atoms with E-state index in [2.05, 4.69) is 0 Å². The Balaban J connectivity index is 1.61. The molecule has 1 fully saturated rings. The van der Waals surface area contributed by atoms with Crippen molar-refractivity contribution in [2.75, 3.05) is 6.61 Å². The first-order valence-electron chi connectivity index (χ1n) is 11.5. The average Bonchev–Trinajstić information content (AvgIpc) is 2.82. The van der Waals surface area contributed by atoms with Gasteiger partial charge in [0, 0.05) is 0 Å². The van der Waals surface area contributed by atoms with Crippen LogP contribution < -0.4 is 9.47 Å². The molecule has 4 bridgehead atoms. The van der Waals surface area contributed by atoms with Crippen LogP contribution in [0.2, 0.25) is 0 Å². The highest BCUT2D eigenvalue weighted by Gasteiger charge is 2.45. The van der Waals surface area contributed by atoms with Crippen molar-refractivity contribution in [1.29, 1.82) is 0 Å². The van der Waals surface area contributed by atoms with Crippen LogP contribution in [0.4, 0.5) is 0 Å². The molecule has 0 aliphatic carbocycles. The number of hydrogen-bond donors (Lipinski definition) is 5. The molecule has 8 heteroatoms. The third-order valence-corrected chi connectivity index (χ3v) is 6.27. The summed E-state index contributed by atoms with van der Waals surface area (Å²) in [5, 5.41) is 50.2. The quantitative estimate of drug-likeness (QED) is 0.468. The van der Waals surface area contributed by atoms with Crippen molar-refractivity contribution in [3.8, 4) is 17.2 Å². The first-order valence-corrected chi connectivity index (χ1v) is 11.5. The summed E-state index contributed by atoms with van der Waals surface area (Å²) >= 11 is 0. The molecule has 4 aliphatic heterocycles. The Labute approximate surface area is 193 Å². The van der Waals surface area contributed by atoms with Crippen LogP contribution in [-0.2, 0) is 17.6 Å². The minimum atomic E-state index is -1.53. The van der Waals surface area contributed by atoms with Gasteiger partial charge >= 0.3 is 0 Å². The molecular weight excluding hydrogens is 428 g/mol. The van der Waals surface area contributed by atoms with Crippen molar-refractivity contribution in [3.05, 3.63) is 53.6 Å². The normalized spacial score (nSPS) is 30.7. The third kappa shape index (κ3) is 5.84. The maximum Gasteiger partial charge on any atom is 0.229 e. The van der Waals surface area contributed by atoms with Crippen molar-refractivity contribution in [3.63, 3.8) is 0 Å². The fourth-order valence-electron chi connectivity index (χ4n) is 4.21. The smallest absolute Gasteiger partial charge is 0.229 e. The zero-order chi connectivity index (χ0) is 23.4. The lowest BCUT2D eigenvalue weighted by atomic mass is 9.99. The molecule has 0 saturated carbocycles. The van der Waals surface area contributed by atoms with Gasteiger partial charge in [0.1, 0.15) is 30.2 Å². The van der Waals surface area contributed by atoms with E-state index in [0.29, 0.717) is 17.2 Å². The monoisotopic (exact) mass is 460 g/mol. The van der Waals surface area contributed by atoms with Crippen molar-refractivity contribution < 1.29 is 39.7 Å². The summed E-state index contributed by atoms with van der Waals surface area (Å²) in [7, 11) is 0. The molecule has 4 heterocycles. The van der Waals surface area contributed by atoms with Gasteiger partial charge in [-0.1, -0.05) is 24.6 Å². The van der Waals surface area contributed by atoms with Gasteiger partial charge in [-0.05, 0) is 67.5 Å². The lowest BCUT2D eigenvalue weighted by molar-refractivity contribution is -0.277. The topological polar surface area (TPSA) is 129 Å². The van der Waals surface area contributed by atoms with E-state index in [1.807, 2.05) is 30.3 Å². The van der Waals surface area contributed by atoms with Crippen molar-refractivity contribution in [2.45, 2.75) is 75.3 Å². The molecule has 4 aliphatic rings. The van der Waals surface area contributed by atoms with E-state index in [1.54, 1.807) is 12.1 Å². The fourth-order valence-corrected chi connectivity index (χ4v) is 4.21. The Kier molecular flexibility index (Phi) is 7.85. The van der Waals surface area contributed by atoms with Crippen LogP contribution in [0, 0.1) is 0 Å². The van der Waals surface area contributed by atoms with Crippen LogP contribution in [0.3, 0.4) is 0 Å². The Morgan fingerprint density at radius 3 is 2.33 bits per heavy atom. The molecule has 6 unspecified atom stereocenters. The minimum Gasteiger partial charge on any atom is -0.458 e. The Morgan fingerprint density at radius 1 is 0.818 bits per heavy atom. The standard InChI is InChI=1S/C25H32O8/c26-14-21-22(28)23(29)24(30)25(33-21)32-20-13-16-3-1-2-4-17(27)9-5-15-6-10-18(11-7-15)31-19(20)12-8-16/h6-8,10-13,17,21-30H,1-5,9,14H2. The summed E-state index contributed by atoms with van der Waals surface area (Å²) in [4.78, 5) is 0. The largest absolute Gasteiger partial charge is 0.458 e. The maximum absolute atomic E-state index is 10.4. The van der Waals surface area contributed by atoms with E-state index in [-0.39, 0.29) is 6.10 Å². The summed E-state index contributed by atoms with van der Waals surface area (Å²) in [5.74, 6) is 1.32. The second kappa shape index (κ2) is 10.8. The summed E-state index contributed by atoms with van der Waals surface area (Å²) in [5.41, 5.74) is 2.10. The van der Waals surface area contributed by atoms with Gasteiger partial charge in [0.2, 0.25) is 6.29 Å². The predicted molar refractivity (Wildman–Crippen MR) is 119 cm³/mol. The van der Waals surface area contributed by atoms with E-state index in [1.165, 1.54) is 0 Å². The summed E-state index contributed by atoms with van der Waals surface area (Å²) < 4.78 is 17.5. The third-order valence-electron chi connectivity index (χ3n) is 6.27. The molecule has 6 atom stereocenters. The molecule has 2 aromatic rings. The lowest BCUT2D eigenvalue weighted by Crippen LogP contribution is -2.60. The molecule has 180 valence electrons. The van der Waals surface area contributed by atoms with E-state index in [4.69, 9.17) is 14.2 Å². The van der Waals surface area contributed by atoms with Crippen molar-refractivity contribution in [2.24, 2.45) is 0 Å². The molecular formula is C25H32O8. The Bertz CT molecular complexity index is 900. The number of benzene rings is 2. The van der Waals surface area contributed by atoms with Crippen LogP contribution in [0.5, 0.6) is 17.2 Å². The first-order chi connectivity index (χ1) is 15.9.